The van der Waals surface area contributed by atoms with Gasteiger partial charge in [-0.3, -0.25) is 4.98 Å². The Labute approximate surface area is 183 Å². The van der Waals surface area contributed by atoms with Crippen LogP contribution in [0, 0.1) is 27.7 Å². The highest BCUT2D eigenvalue weighted by atomic mass is 14.7. The fourth-order valence-corrected chi connectivity index (χ4v) is 5.26. The Hall–Kier alpha value is -3.59. The number of fused-ring (bicyclic) bond motifs is 3. The lowest BCUT2D eigenvalue weighted by Crippen LogP contribution is -2.29. The van der Waals surface area contributed by atoms with E-state index < -0.39 is 5.41 Å². The van der Waals surface area contributed by atoms with E-state index in [1.807, 2.05) is 12.3 Å². The van der Waals surface area contributed by atoms with Gasteiger partial charge in [-0.05, 0) is 78.3 Å². The molecule has 0 radical (unpaired) electrons. The minimum Gasteiger partial charge on any atom is -0.398 e. The van der Waals surface area contributed by atoms with E-state index in [9.17, 15) is 0 Å². The van der Waals surface area contributed by atoms with Crippen molar-refractivity contribution < 1.29 is 0 Å². The zero-order chi connectivity index (χ0) is 21.9. The summed E-state index contributed by atoms with van der Waals surface area (Å²) in [6.07, 6.45) is 1.88. The van der Waals surface area contributed by atoms with Crippen LogP contribution in [-0.2, 0) is 5.41 Å². The van der Waals surface area contributed by atoms with Crippen molar-refractivity contribution in [3.8, 4) is 11.3 Å². The summed E-state index contributed by atoms with van der Waals surface area (Å²) in [6.45, 7) is 8.35. The van der Waals surface area contributed by atoms with Gasteiger partial charge in [0.15, 0.2) is 0 Å². The maximum atomic E-state index is 6.36. The third kappa shape index (κ3) is 2.56. The molecule has 31 heavy (non-hydrogen) atoms. The molecule has 1 aliphatic carbocycles. The van der Waals surface area contributed by atoms with Crippen molar-refractivity contribution in [2.24, 2.45) is 0 Å². The molecular weight excluding hydrogens is 378 g/mol. The molecule has 1 aromatic heterocycles. The smallest absolute Gasteiger partial charge is 0.0753 e. The molecule has 3 heteroatoms. The minimum atomic E-state index is -0.480. The fraction of sp³-hybridized carbons (Fsp3) is 0.179. The molecule has 0 amide bonds. The highest BCUT2D eigenvalue weighted by Gasteiger charge is 2.47. The van der Waals surface area contributed by atoms with Gasteiger partial charge < -0.3 is 11.5 Å². The first-order chi connectivity index (χ1) is 14.9. The summed E-state index contributed by atoms with van der Waals surface area (Å²) >= 11 is 0. The predicted octanol–water partition coefficient (Wildman–Crippen LogP) is 5.84. The molecule has 4 aromatic rings. The van der Waals surface area contributed by atoms with Gasteiger partial charge in [-0.1, -0.05) is 54.6 Å². The number of hydrogen-bond donors (Lipinski definition) is 2. The van der Waals surface area contributed by atoms with Crippen molar-refractivity contribution in [3.63, 3.8) is 0 Å². The van der Waals surface area contributed by atoms with Crippen LogP contribution in [0.2, 0.25) is 0 Å². The number of anilines is 2. The van der Waals surface area contributed by atoms with Crippen LogP contribution < -0.4 is 11.5 Å². The molecule has 0 bridgehead atoms. The van der Waals surface area contributed by atoms with E-state index in [1.54, 1.807) is 0 Å². The van der Waals surface area contributed by atoms with E-state index in [0.29, 0.717) is 0 Å². The van der Waals surface area contributed by atoms with E-state index in [2.05, 4.69) is 82.3 Å². The number of pyridine rings is 1. The maximum absolute atomic E-state index is 6.36. The van der Waals surface area contributed by atoms with Crippen molar-refractivity contribution in [2.45, 2.75) is 33.1 Å². The average Bonchev–Trinajstić information content (AvgIpc) is 3.06. The molecule has 4 N–H and O–H groups in total. The van der Waals surface area contributed by atoms with Gasteiger partial charge in [0.05, 0.1) is 11.1 Å². The highest BCUT2D eigenvalue weighted by Crippen LogP contribution is 2.56. The Morgan fingerprint density at radius 2 is 1.13 bits per heavy atom. The number of nitrogens with two attached hydrogens (primary N) is 2. The number of nitrogens with zero attached hydrogens (tertiary/aromatic N) is 1. The van der Waals surface area contributed by atoms with Gasteiger partial charge in [-0.2, -0.15) is 0 Å². The van der Waals surface area contributed by atoms with Gasteiger partial charge in [0, 0.05) is 23.1 Å². The predicted molar refractivity (Wildman–Crippen MR) is 129 cm³/mol. The lowest BCUT2D eigenvalue weighted by atomic mass is 9.66. The number of benzene rings is 3. The van der Waals surface area contributed by atoms with E-state index >= 15 is 0 Å². The van der Waals surface area contributed by atoms with Gasteiger partial charge in [0.2, 0.25) is 0 Å². The Bertz CT molecular complexity index is 1200. The maximum Gasteiger partial charge on any atom is 0.0753 e. The van der Waals surface area contributed by atoms with Crippen LogP contribution in [0.1, 0.15) is 44.5 Å². The van der Waals surface area contributed by atoms with Gasteiger partial charge in [0.1, 0.15) is 0 Å². The van der Waals surface area contributed by atoms with Crippen LogP contribution in [-0.4, -0.2) is 4.98 Å². The number of aromatic nitrogens is 1. The van der Waals surface area contributed by atoms with Crippen LogP contribution in [0.15, 0.2) is 66.9 Å². The summed E-state index contributed by atoms with van der Waals surface area (Å²) in [5, 5.41) is 0. The first-order valence-corrected chi connectivity index (χ1v) is 10.7. The normalized spacial score (nSPS) is 13.7. The highest BCUT2D eigenvalue weighted by molar-refractivity contribution is 5.84. The third-order valence-electron chi connectivity index (χ3n) is 6.85. The molecule has 0 aliphatic heterocycles. The molecule has 0 unspecified atom stereocenters. The Morgan fingerprint density at radius 3 is 1.68 bits per heavy atom. The van der Waals surface area contributed by atoms with Crippen LogP contribution in [0.3, 0.4) is 0 Å². The molecule has 5 rings (SSSR count). The average molecular weight is 406 g/mol. The summed E-state index contributed by atoms with van der Waals surface area (Å²) in [4.78, 5) is 4.82. The van der Waals surface area contributed by atoms with Crippen LogP contribution in [0.5, 0.6) is 0 Å². The molecule has 0 saturated heterocycles. The molecule has 0 fully saturated rings. The van der Waals surface area contributed by atoms with Gasteiger partial charge >= 0.3 is 0 Å². The van der Waals surface area contributed by atoms with E-state index in [0.717, 1.165) is 39.3 Å². The van der Waals surface area contributed by atoms with Crippen molar-refractivity contribution in [2.75, 3.05) is 11.5 Å². The molecule has 1 heterocycles. The Balaban J connectivity index is 2.00. The van der Waals surface area contributed by atoms with Gasteiger partial charge in [-0.25, -0.2) is 0 Å². The number of hydrogen-bond acceptors (Lipinski definition) is 3. The first kappa shape index (κ1) is 19.4. The largest absolute Gasteiger partial charge is 0.398 e. The second-order valence-corrected chi connectivity index (χ2v) is 8.74. The molecule has 154 valence electrons. The van der Waals surface area contributed by atoms with Crippen LogP contribution >= 0.6 is 0 Å². The van der Waals surface area contributed by atoms with Crippen molar-refractivity contribution in [1.29, 1.82) is 0 Å². The number of nitrogen functional groups attached to an aromatic ring is 2. The second-order valence-electron chi connectivity index (χ2n) is 8.74. The summed E-state index contributed by atoms with van der Waals surface area (Å²) in [5.74, 6) is 0. The quantitative estimate of drug-likeness (QED) is 0.363. The minimum absolute atomic E-state index is 0.480. The lowest BCUT2D eigenvalue weighted by Gasteiger charge is -2.35. The SMILES string of the molecule is Cc1cc(C2(c3cc(C)c(N)c(C)c3)c3ccccc3-c3ncccc32)cc(C)c1N. The standard InChI is InChI=1S/C28H27N3/c1-16-12-20(13-17(2)25(16)29)28(21-14-18(3)26(30)19(4)15-21)23-9-6-5-8-22(23)27-24(28)10-7-11-31-27/h5-15H,29-30H2,1-4H3. The molecule has 3 aromatic carbocycles. The molecule has 1 aliphatic rings. The zero-order valence-corrected chi connectivity index (χ0v) is 18.5. The first-order valence-electron chi connectivity index (χ1n) is 10.7. The van der Waals surface area contributed by atoms with Crippen LogP contribution in [0.25, 0.3) is 11.3 Å². The number of aryl methyl sites for hydroxylation is 4. The molecular formula is C28H27N3. The molecule has 3 nitrogen and oxygen atoms in total. The topological polar surface area (TPSA) is 64.9 Å². The number of rotatable bonds is 2. The van der Waals surface area contributed by atoms with E-state index in [1.165, 1.54) is 27.8 Å². The van der Waals surface area contributed by atoms with Crippen LogP contribution in [0.4, 0.5) is 11.4 Å². The summed E-state index contributed by atoms with van der Waals surface area (Å²) < 4.78 is 0. The zero-order valence-electron chi connectivity index (χ0n) is 18.5. The van der Waals surface area contributed by atoms with E-state index in [4.69, 9.17) is 16.5 Å². The Kier molecular flexibility index (Phi) is 4.19. The summed E-state index contributed by atoms with van der Waals surface area (Å²) in [7, 11) is 0. The molecule has 0 spiro atoms. The fourth-order valence-electron chi connectivity index (χ4n) is 5.26. The summed E-state index contributed by atoms with van der Waals surface area (Å²) in [5.41, 5.74) is 25.4. The third-order valence-corrected chi connectivity index (χ3v) is 6.85. The van der Waals surface area contributed by atoms with Crippen molar-refractivity contribution >= 4 is 11.4 Å². The Morgan fingerprint density at radius 1 is 0.645 bits per heavy atom. The van der Waals surface area contributed by atoms with Gasteiger partial charge in [-0.15, -0.1) is 0 Å². The monoisotopic (exact) mass is 405 g/mol. The molecule has 0 atom stereocenters. The summed E-state index contributed by atoms with van der Waals surface area (Å²) in [6, 6.07) is 21.8. The van der Waals surface area contributed by atoms with Gasteiger partial charge in [0.25, 0.3) is 0 Å². The second kappa shape index (κ2) is 6.71. The molecule has 0 saturated carbocycles. The van der Waals surface area contributed by atoms with Crippen molar-refractivity contribution in [3.05, 3.63) is 111 Å². The lowest BCUT2D eigenvalue weighted by molar-refractivity contribution is 0.762. The van der Waals surface area contributed by atoms with Crippen molar-refractivity contribution in [1.82, 2.24) is 4.98 Å². The van der Waals surface area contributed by atoms with E-state index in [-0.39, 0.29) is 0 Å².